The van der Waals surface area contributed by atoms with Crippen LogP contribution in [0.25, 0.3) is 11.0 Å². The van der Waals surface area contributed by atoms with Gasteiger partial charge in [-0.05, 0) is 87.2 Å². The van der Waals surface area contributed by atoms with Gasteiger partial charge < -0.3 is 14.1 Å². The van der Waals surface area contributed by atoms with Crippen molar-refractivity contribution in [2.24, 2.45) is 0 Å². The predicted molar refractivity (Wildman–Crippen MR) is 150 cm³/mol. The minimum Gasteiger partial charge on any atom is -0.494 e. The van der Waals surface area contributed by atoms with Crippen LogP contribution in [-0.2, 0) is 12.8 Å². The summed E-state index contributed by atoms with van der Waals surface area (Å²) in [6.45, 7) is 12.9. The number of ketones is 1. The summed E-state index contributed by atoms with van der Waals surface area (Å²) >= 11 is 0. The van der Waals surface area contributed by atoms with Crippen LogP contribution in [0.4, 0.5) is 0 Å². The lowest BCUT2D eigenvalue weighted by atomic mass is 9.97. The van der Waals surface area contributed by atoms with Crippen molar-refractivity contribution in [2.75, 3.05) is 26.2 Å². The molecule has 0 atom stereocenters. The van der Waals surface area contributed by atoms with E-state index in [1.165, 1.54) is 44.3 Å². The van der Waals surface area contributed by atoms with Crippen LogP contribution in [0, 0.1) is 0 Å². The molecule has 3 rings (SSSR count). The molecule has 0 spiro atoms. The fourth-order valence-electron chi connectivity index (χ4n) is 4.60. The Bertz CT molecular complexity index is 1060. The number of hydrogen-bond donors (Lipinski definition) is 0. The molecule has 1 heterocycles. The van der Waals surface area contributed by atoms with Gasteiger partial charge in [0.15, 0.2) is 5.78 Å². The zero-order valence-corrected chi connectivity index (χ0v) is 22.9. The van der Waals surface area contributed by atoms with Gasteiger partial charge in [0.05, 0.1) is 12.2 Å². The second-order valence-electron chi connectivity index (χ2n) is 9.79. The van der Waals surface area contributed by atoms with Crippen LogP contribution in [0.3, 0.4) is 0 Å². The molecule has 0 radical (unpaired) electrons. The van der Waals surface area contributed by atoms with Gasteiger partial charge in [-0.2, -0.15) is 0 Å². The van der Waals surface area contributed by atoms with Crippen molar-refractivity contribution in [1.82, 2.24) is 4.90 Å². The Labute approximate surface area is 218 Å². The van der Waals surface area contributed by atoms with Crippen LogP contribution in [-0.4, -0.2) is 36.9 Å². The summed E-state index contributed by atoms with van der Waals surface area (Å²) in [7, 11) is 0. The van der Waals surface area contributed by atoms with Gasteiger partial charge in [0.25, 0.3) is 0 Å². The molecule has 0 aliphatic rings. The zero-order valence-electron chi connectivity index (χ0n) is 22.9. The van der Waals surface area contributed by atoms with E-state index < -0.39 is 0 Å². The maximum Gasteiger partial charge on any atom is 0.197 e. The highest BCUT2D eigenvalue weighted by Gasteiger charge is 2.22. The van der Waals surface area contributed by atoms with E-state index in [1.807, 2.05) is 30.3 Å². The first-order valence-corrected chi connectivity index (χ1v) is 14.1. The molecular formula is C32H45NO3. The number of unbranched alkanes of at least 4 members (excludes halogenated alkanes) is 3. The van der Waals surface area contributed by atoms with Crippen molar-refractivity contribution in [3.8, 4) is 5.75 Å². The fraction of sp³-hybridized carbons (Fsp3) is 0.531. The van der Waals surface area contributed by atoms with E-state index >= 15 is 0 Å². The van der Waals surface area contributed by atoms with E-state index in [-0.39, 0.29) is 5.78 Å². The maximum atomic E-state index is 13.6. The molecule has 2 aromatic carbocycles. The van der Waals surface area contributed by atoms with Crippen molar-refractivity contribution in [1.29, 1.82) is 0 Å². The third-order valence-electron chi connectivity index (χ3n) is 6.88. The largest absolute Gasteiger partial charge is 0.494 e. The summed E-state index contributed by atoms with van der Waals surface area (Å²) < 4.78 is 12.2. The van der Waals surface area contributed by atoms with Crippen molar-refractivity contribution in [3.63, 3.8) is 0 Å². The molecule has 196 valence electrons. The highest BCUT2D eigenvalue weighted by atomic mass is 16.5. The average Bonchev–Trinajstić information content (AvgIpc) is 3.28. The first kappa shape index (κ1) is 28.0. The quantitative estimate of drug-likeness (QED) is 0.141. The molecule has 4 heteroatoms. The van der Waals surface area contributed by atoms with E-state index in [1.54, 1.807) is 0 Å². The molecule has 0 unspecified atom stereocenters. The van der Waals surface area contributed by atoms with Crippen LogP contribution in [0.5, 0.6) is 5.75 Å². The summed E-state index contributed by atoms with van der Waals surface area (Å²) in [5, 5.41) is 0.932. The SMILES string of the molecule is CCCCc1oc2ccc(CC)cc2c1C(=O)c1ccc(OCCCN(CCCC)CCCC)cc1. The predicted octanol–water partition coefficient (Wildman–Crippen LogP) is 8.24. The Balaban J connectivity index is 1.65. The minimum absolute atomic E-state index is 0.0298. The Hall–Kier alpha value is -2.59. The number of benzene rings is 2. The van der Waals surface area contributed by atoms with Crippen molar-refractivity contribution in [2.45, 2.75) is 85.5 Å². The highest BCUT2D eigenvalue weighted by Crippen LogP contribution is 2.31. The molecule has 36 heavy (non-hydrogen) atoms. The lowest BCUT2D eigenvalue weighted by Gasteiger charge is -2.21. The molecule has 3 aromatic rings. The second-order valence-corrected chi connectivity index (χ2v) is 9.79. The van der Waals surface area contributed by atoms with Crippen LogP contribution >= 0.6 is 0 Å². The maximum absolute atomic E-state index is 13.6. The summed E-state index contributed by atoms with van der Waals surface area (Å²) in [4.78, 5) is 16.2. The lowest BCUT2D eigenvalue weighted by Crippen LogP contribution is -2.28. The van der Waals surface area contributed by atoms with E-state index in [0.717, 1.165) is 66.7 Å². The average molecular weight is 492 g/mol. The van der Waals surface area contributed by atoms with E-state index in [0.29, 0.717) is 12.2 Å². The van der Waals surface area contributed by atoms with Gasteiger partial charge in [-0.25, -0.2) is 0 Å². The molecule has 4 nitrogen and oxygen atoms in total. The lowest BCUT2D eigenvalue weighted by molar-refractivity contribution is 0.103. The number of carbonyl (C=O) groups excluding carboxylic acids is 1. The third-order valence-corrected chi connectivity index (χ3v) is 6.88. The molecule has 0 aliphatic carbocycles. The fourth-order valence-corrected chi connectivity index (χ4v) is 4.60. The van der Waals surface area contributed by atoms with Gasteiger partial charge in [0.2, 0.25) is 0 Å². The third kappa shape index (κ3) is 7.70. The Morgan fingerprint density at radius 2 is 1.50 bits per heavy atom. The Morgan fingerprint density at radius 3 is 2.14 bits per heavy atom. The van der Waals surface area contributed by atoms with Crippen LogP contribution in [0.2, 0.25) is 0 Å². The number of nitrogens with zero attached hydrogens (tertiary/aromatic N) is 1. The number of hydrogen-bond acceptors (Lipinski definition) is 4. The van der Waals surface area contributed by atoms with E-state index in [9.17, 15) is 4.79 Å². The summed E-state index contributed by atoms with van der Waals surface area (Å²) in [5.74, 6) is 1.65. The van der Waals surface area contributed by atoms with Gasteiger partial charge >= 0.3 is 0 Å². The van der Waals surface area contributed by atoms with E-state index in [2.05, 4.69) is 44.7 Å². The van der Waals surface area contributed by atoms with Gasteiger partial charge in [-0.1, -0.05) is 53.0 Å². The molecule has 0 fully saturated rings. The molecule has 0 amide bonds. The molecule has 0 saturated carbocycles. The number of ether oxygens (including phenoxy) is 1. The first-order valence-electron chi connectivity index (χ1n) is 14.1. The number of carbonyl (C=O) groups is 1. The standard InChI is InChI=1S/C32H45NO3/c1-5-9-13-30-31(28-24-25(8-4)14-19-29(28)36-30)32(34)26-15-17-27(18-16-26)35-23-12-22-33(20-10-6-2)21-11-7-3/h14-19,24H,5-13,20-23H2,1-4H3. The second kappa shape index (κ2) is 14.8. The molecule has 0 aliphatic heterocycles. The molecule has 1 aromatic heterocycles. The highest BCUT2D eigenvalue weighted by molar-refractivity contribution is 6.17. The van der Waals surface area contributed by atoms with Crippen molar-refractivity contribution < 1.29 is 13.9 Å². The van der Waals surface area contributed by atoms with Gasteiger partial charge in [0, 0.05) is 23.9 Å². The summed E-state index contributed by atoms with van der Waals surface area (Å²) in [6, 6.07) is 13.8. The topological polar surface area (TPSA) is 42.7 Å². The Kier molecular flexibility index (Phi) is 11.5. The van der Waals surface area contributed by atoms with Crippen molar-refractivity contribution in [3.05, 3.63) is 64.9 Å². The monoisotopic (exact) mass is 491 g/mol. The number of fused-ring (bicyclic) bond motifs is 1. The molecular weight excluding hydrogens is 446 g/mol. The van der Waals surface area contributed by atoms with Crippen molar-refractivity contribution >= 4 is 16.8 Å². The number of rotatable bonds is 17. The number of furan rings is 1. The van der Waals surface area contributed by atoms with E-state index in [4.69, 9.17) is 9.15 Å². The smallest absolute Gasteiger partial charge is 0.197 e. The van der Waals surface area contributed by atoms with Crippen LogP contribution in [0.15, 0.2) is 46.9 Å². The zero-order chi connectivity index (χ0) is 25.8. The summed E-state index contributed by atoms with van der Waals surface area (Å²) in [5.41, 5.74) is 3.41. The first-order chi connectivity index (χ1) is 17.6. The molecule has 0 bridgehead atoms. The normalized spacial score (nSPS) is 11.5. The van der Waals surface area contributed by atoms with Crippen LogP contribution in [0.1, 0.15) is 99.9 Å². The summed E-state index contributed by atoms with van der Waals surface area (Å²) in [6.07, 6.45) is 9.76. The Morgan fingerprint density at radius 1 is 0.833 bits per heavy atom. The van der Waals surface area contributed by atoms with Gasteiger partial charge in [0.1, 0.15) is 17.1 Å². The molecule has 0 N–H and O–H groups in total. The minimum atomic E-state index is 0.0298. The van der Waals surface area contributed by atoms with Crippen LogP contribution < -0.4 is 4.74 Å². The van der Waals surface area contributed by atoms with Gasteiger partial charge in [-0.15, -0.1) is 0 Å². The van der Waals surface area contributed by atoms with Gasteiger partial charge in [-0.3, -0.25) is 4.79 Å². The molecule has 0 saturated heterocycles. The number of aryl methyl sites for hydroxylation is 2.